The molecule has 4 nitrogen and oxygen atoms in total. The summed E-state index contributed by atoms with van der Waals surface area (Å²) in [5, 5.41) is 3.93. The fraction of sp³-hybridized carbons (Fsp3) is 0.238. The highest BCUT2D eigenvalue weighted by atomic mass is 16.2. The molecule has 1 aromatic heterocycles. The molecule has 0 aliphatic heterocycles. The number of hydrogen-bond donors (Lipinski definition) is 1. The lowest BCUT2D eigenvalue weighted by molar-refractivity contribution is -0.116. The van der Waals surface area contributed by atoms with Gasteiger partial charge in [0.05, 0.1) is 5.52 Å². The number of fused-ring (bicyclic) bond motifs is 1. The number of pyridine rings is 1. The topological polar surface area (TPSA) is 51.1 Å². The molecule has 0 atom stereocenters. The van der Waals surface area contributed by atoms with Crippen LogP contribution in [0.5, 0.6) is 0 Å². The van der Waals surface area contributed by atoms with Crippen LogP contribution in [0.3, 0.4) is 0 Å². The highest BCUT2D eigenvalue weighted by Gasteiger charge is 2.12. The Labute approximate surface area is 147 Å². The van der Waals surface area contributed by atoms with Crippen molar-refractivity contribution in [2.24, 2.45) is 0 Å². The van der Waals surface area contributed by atoms with Crippen molar-refractivity contribution in [1.82, 2.24) is 4.57 Å². The SMILES string of the molecule is Cc1ccc(C)c(NC(=O)Cn2c(=O)cc(C)c3cccc(C)c32)c1. The summed E-state index contributed by atoms with van der Waals surface area (Å²) >= 11 is 0. The smallest absolute Gasteiger partial charge is 0.251 e. The third kappa shape index (κ3) is 3.33. The van der Waals surface area contributed by atoms with E-state index in [-0.39, 0.29) is 18.0 Å². The molecular weight excluding hydrogens is 312 g/mol. The van der Waals surface area contributed by atoms with Crippen molar-refractivity contribution in [2.45, 2.75) is 34.2 Å². The molecule has 0 unspecified atom stereocenters. The van der Waals surface area contributed by atoms with Crippen molar-refractivity contribution < 1.29 is 4.79 Å². The first kappa shape index (κ1) is 17.0. The first-order chi connectivity index (χ1) is 11.9. The van der Waals surface area contributed by atoms with E-state index in [0.29, 0.717) is 0 Å². The number of para-hydroxylation sites is 1. The van der Waals surface area contributed by atoms with Gasteiger partial charge in [0, 0.05) is 17.1 Å². The summed E-state index contributed by atoms with van der Waals surface area (Å²) in [5.74, 6) is -0.204. The lowest BCUT2D eigenvalue weighted by Crippen LogP contribution is -2.28. The van der Waals surface area contributed by atoms with E-state index in [4.69, 9.17) is 0 Å². The largest absolute Gasteiger partial charge is 0.324 e. The fourth-order valence-electron chi connectivity index (χ4n) is 3.15. The zero-order valence-corrected chi connectivity index (χ0v) is 15.0. The quantitative estimate of drug-likeness (QED) is 0.790. The monoisotopic (exact) mass is 334 g/mol. The lowest BCUT2D eigenvalue weighted by Gasteiger charge is -2.15. The molecule has 0 spiro atoms. The molecule has 1 N–H and O–H groups in total. The van der Waals surface area contributed by atoms with Crippen molar-refractivity contribution >= 4 is 22.5 Å². The van der Waals surface area contributed by atoms with E-state index in [2.05, 4.69) is 5.32 Å². The van der Waals surface area contributed by atoms with Crippen molar-refractivity contribution in [3.8, 4) is 0 Å². The van der Waals surface area contributed by atoms with Crippen LogP contribution < -0.4 is 10.9 Å². The van der Waals surface area contributed by atoms with Crippen LogP contribution in [0.25, 0.3) is 10.9 Å². The zero-order valence-electron chi connectivity index (χ0n) is 15.0. The second-order valence-electron chi connectivity index (χ2n) is 6.59. The molecule has 1 amide bonds. The Morgan fingerprint density at radius 3 is 2.48 bits per heavy atom. The van der Waals surface area contributed by atoms with E-state index in [9.17, 15) is 9.59 Å². The molecule has 3 aromatic rings. The molecule has 25 heavy (non-hydrogen) atoms. The first-order valence-electron chi connectivity index (χ1n) is 8.33. The number of anilines is 1. The molecule has 0 saturated carbocycles. The minimum Gasteiger partial charge on any atom is -0.324 e. The van der Waals surface area contributed by atoms with Gasteiger partial charge in [-0.25, -0.2) is 0 Å². The number of amides is 1. The Morgan fingerprint density at radius 2 is 1.72 bits per heavy atom. The summed E-state index contributed by atoms with van der Waals surface area (Å²) in [4.78, 5) is 25.1. The van der Waals surface area contributed by atoms with Gasteiger partial charge in [-0.15, -0.1) is 0 Å². The Hall–Kier alpha value is -2.88. The van der Waals surface area contributed by atoms with E-state index in [1.807, 2.05) is 64.1 Å². The molecule has 128 valence electrons. The predicted octanol–water partition coefficient (Wildman–Crippen LogP) is 3.87. The van der Waals surface area contributed by atoms with Crippen molar-refractivity contribution in [3.05, 3.63) is 75.1 Å². The molecule has 4 heteroatoms. The number of aromatic nitrogens is 1. The van der Waals surface area contributed by atoms with Crippen LogP contribution in [0.4, 0.5) is 5.69 Å². The number of benzene rings is 2. The molecule has 1 heterocycles. The average molecular weight is 334 g/mol. The van der Waals surface area contributed by atoms with Crippen molar-refractivity contribution in [1.29, 1.82) is 0 Å². The van der Waals surface area contributed by atoms with E-state index >= 15 is 0 Å². The average Bonchev–Trinajstić information content (AvgIpc) is 2.55. The number of hydrogen-bond acceptors (Lipinski definition) is 2. The Kier molecular flexibility index (Phi) is 4.45. The molecular formula is C21H22N2O2. The van der Waals surface area contributed by atoms with E-state index in [0.717, 1.165) is 38.8 Å². The normalized spacial score (nSPS) is 10.9. The lowest BCUT2D eigenvalue weighted by atomic mass is 10.1. The number of aryl methyl sites for hydroxylation is 4. The Balaban J connectivity index is 1.99. The van der Waals surface area contributed by atoms with Crippen molar-refractivity contribution in [2.75, 3.05) is 5.32 Å². The van der Waals surface area contributed by atoms with Gasteiger partial charge in [-0.1, -0.05) is 30.3 Å². The standard InChI is InChI=1S/C21H22N2O2/c1-13-8-9-14(2)18(10-13)22-19(24)12-23-20(25)11-16(4)17-7-5-6-15(3)21(17)23/h5-11H,12H2,1-4H3,(H,22,24). The maximum absolute atomic E-state index is 12.6. The van der Waals surface area contributed by atoms with Gasteiger partial charge in [-0.2, -0.15) is 0 Å². The summed E-state index contributed by atoms with van der Waals surface area (Å²) in [6.07, 6.45) is 0. The minimum atomic E-state index is -0.204. The van der Waals surface area contributed by atoms with Crippen LogP contribution in [0, 0.1) is 27.7 Å². The van der Waals surface area contributed by atoms with Crippen LogP contribution in [-0.4, -0.2) is 10.5 Å². The summed E-state index contributed by atoms with van der Waals surface area (Å²) in [6, 6.07) is 13.4. The minimum absolute atomic E-state index is 0.00610. The molecule has 0 bridgehead atoms. The van der Waals surface area contributed by atoms with E-state index < -0.39 is 0 Å². The van der Waals surface area contributed by atoms with Crippen LogP contribution in [0.15, 0.2) is 47.3 Å². The molecule has 2 aromatic carbocycles. The summed E-state index contributed by atoms with van der Waals surface area (Å²) in [6.45, 7) is 7.81. The highest BCUT2D eigenvalue weighted by Crippen LogP contribution is 2.20. The summed E-state index contributed by atoms with van der Waals surface area (Å²) < 4.78 is 1.55. The Bertz CT molecular complexity index is 1030. The van der Waals surface area contributed by atoms with Crippen LogP contribution >= 0.6 is 0 Å². The molecule has 0 fully saturated rings. The van der Waals surface area contributed by atoms with Gasteiger partial charge >= 0.3 is 0 Å². The maximum Gasteiger partial charge on any atom is 0.251 e. The van der Waals surface area contributed by atoms with Crippen LogP contribution in [0.1, 0.15) is 22.3 Å². The molecule has 0 aliphatic carbocycles. The molecule has 0 aliphatic rings. The van der Waals surface area contributed by atoms with Gasteiger partial charge in [0.1, 0.15) is 6.54 Å². The second-order valence-corrected chi connectivity index (χ2v) is 6.59. The van der Waals surface area contributed by atoms with E-state index in [1.165, 1.54) is 0 Å². The van der Waals surface area contributed by atoms with Gasteiger partial charge in [-0.05, 0) is 56.0 Å². The number of rotatable bonds is 3. The van der Waals surface area contributed by atoms with E-state index in [1.54, 1.807) is 10.6 Å². The molecule has 0 radical (unpaired) electrons. The second kappa shape index (κ2) is 6.55. The van der Waals surface area contributed by atoms with Crippen molar-refractivity contribution in [3.63, 3.8) is 0 Å². The third-order valence-corrected chi connectivity index (χ3v) is 4.51. The highest BCUT2D eigenvalue weighted by molar-refractivity contribution is 5.93. The fourth-order valence-corrected chi connectivity index (χ4v) is 3.15. The number of carbonyl (C=O) groups excluding carboxylic acids is 1. The van der Waals surface area contributed by atoms with Gasteiger partial charge in [0.25, 0.3) is 5.56 Å². The summed E-state index contributed by atoms with van der Waals surface area (Å²) in [5.41, 5.74) is 5.43. The molecule has 0 saturated heterocycles. The predicted molar refractivity (Wildman–Crippen MR) is 102 cm³/mol. The number of carbonyl (C=O) groups is 1. The van der Waals surface area contributed by atoms with Crippen LogP contribution in [-0.2, 0) is 11.3 Å². The summed E-state index contributed by atoms with van der Waals surface area (Å²) in [7, 11) is 0. The Morgan fingerprint density at radius 1 is 0.960 bits per heavy atom. The third-order valence-electron chi connectivity index (χ3n) is 4.51. The van der Waals surface area contributed by atoms with Gasteiger partial charge < -0.3 is 5.32 Å². The van der Waals surface area contributed by atoms with Gasteiger partial charge in [0.2, 0.25) is 5.91 Å². The first-order valence-corrected chi connectivity index (χ1v) is 8.33. The number of nitrogens with one attached hydrogen (secondary N) is 1. The van der Waals surface area contributed by atoms with Gasteiger partial charge in [-0.3, -0.25) is 14.2 Å². The molecule has 3 rings (SSSR count). The number of nitrogens with zero attached hydrogens (tertiary/aromatic N) is 1. The maximum atomic E-state index is 12.6. The van der Waals surface area contributed by atoms with Crippen LogP contribution in [0.2, 0.25) is 0 Å². The van der Waals surface area contributed by atoms with Gasteiger partial charge in [0.15, 0.2) is 0 Å². The zero-order chi connectivity index (χ0) is 18.1.